The summed E-state index contributed by atoms with van der Waals surface area (Å²) in [6.07, 6.45) is 10.6. The number of aromatic nitrogens is 6. The SMILES string of the molecule is CN(C)C(=O)c1cc2cnc(Nc3ccc(CN4CC5(CCN(c6cccc7c(N8CCC(=O)NC8=O)nn(C)c67)CC5)C4)cn3)nc2n1C1CCCC1. The summed E-state index contributed by atoms with van der Waals surface area (Å²) in [5.41, 5.74) is 5.06. The molecule has 15 nitrogen and oxygen atoms in total. The molecular weight excluding hydrogens is 685 g/mol. The summed E-state index contributed by atoms with van der Waals surface area (Å²) in [4.78, 5) is 59.7. The van der Waals surface area contributed by atoms with Crippen LogP contribution in [0.25, 0.3) is 21.9 Å². The molecule has 54 heavy (non-hydrogen) atoms. The minimum Gasteiger partial charge on any atom is -0.370 e. The molecule has 1 spiro atoms. The van der Waals surface area contributed by atoms with Crippen molar-refractivity contribution in [2.24, 2.45) is 12.5 Å². The van der Waals surface area contributed by atoms with Gasteiger partial charge in [0.1, 0.15) is 17.2 Å². The number of nitrogens with zero attached hydrogens (tertiary/aromatic N) is 10. The zero-order valence-corrected chi connectivity index (χ0v) is 31.1. The molecule has 0 atom stereocenters. The van der Waals surface area contributed by atoms with Crippen molar-refractivity contribution in [1.29, 1.82) is 0 Å². The van der Waals surface area contributed by atoms with Crippen LogP contribution in [0.1, 0.15) is 67.0 Å². The predicted octanol–water partition coefficient (Wildman–Crippen LogP) is 4.82. The maximum Gasteiger partial charge on any atom is 0.329 e. The van der Waals surface area contributed by atoms with E-state index in [1.165, 1.54) is 0 Å². The number of benzene rings is 1. The minimum atomic E-state index is -0.419. The molecule has 4 aromatic heterocycles. The third-order valence-electron chi connectivity index (χ3n) is 11.8. The Morgan fingerprint density at radius 1 is 1.02 bits per heavy atom. The van der Waals surface area contributed by atoms with Crippen LogP contribution in [0.3, 0.4) is 0 Å². The van der Waals surface area contributed by atoms with Crippen molar-refractivity contribution < 1.29 is 14.4 Å². The van der Waals surface area contributed by atoms with Crippen LogP contribution in [0.15, 0.2) is 48.8 Å². The maximum atomic E-state index is 13.1. The summed E-state index contributed by atoms with van der Waals surface area (Å²) in [5, 5.41) is 12.2. The number of urea groups is 1. The monoisotopic (exact) mass is 730 g/mol. The number of hydrogen-bond donors (Lipinski definition) is 2. The number of imide groups is 1. The average molecular weight is 731 g/mol. The summed E-state index contributed by atoms with van der Waals surface area (Å²) in [7, 11) is 5.49. The fraction of sp³-hybridized carbons (Fsp3) is 0.462. The summed E-state index contributed by atoms with van der Waals surface area (Å²) >= 11 is 0. The van der Waals surface area contributed by atoms with E-state index in [9.17, 15) is 14.4 Å². The lowest BCUT2D eigenvalue weighted by molar-refractivity contribution is -0.120. The van der Waals surface area contributed by atoms with Gasteiger partial charge in [-0.2, -0.15) is 10.1 Å². The lowest BCUT2D eigenvalue weighted by Gasteiger charge is -2.54. The number of hydrogen-bond acceptors (Lipinski definition) is 10. The largest absolute Gasteiger partial charge is 0.370 e. The fourth-order valence-corrected chi connectivity index (χ4v) is 9.03. The second kappa shape index (κ2) is 13.4. The van der Waals surface area contributed by atoms with Crippen LogP contribution < -0.4 is 20.4 Å². The molecule has 4 fully saturated rings. The van der Waals surface area contributed by atoms with Crippen molar-refractivity contribution in [2.75, 3.05) is 61.9 Å². The lowest BCUT2D eigenvalue weighted by Crippen LogP contribution is -2.59. The van der Waals surface area contributed by atoms with E-state index >= 15 is 0 Å². The van der Waals surface area contributed by atoms with E-state index in [0.717, 1.165) is 104 Å². The van der Waals surface area contributed by atoms with Gasteiger partial charge in [0.25, 0.3) is 5.91 Å². The molecule has 0 radical (unpaired) electrons. The number of amides is 4. The Balaban J connectivity index is 0.818. The highest BCUT2D eigenvalue weighted by Crippen LogP contribution is 2.43. The Bertz CT molecular complexity index is 2260. The molecule has 15 heteroatoms. The van der Waals surface area contributed by atoms with Gasteiger partial charge < -0.3 is 19.7 Å². The quantitative estimate of drug-likeness (QED) is 0.228. The number of anilines is 4. The second-order valence-electron chi connectivity index (χ2n) is 15.7. The Morgan fingerprint density at radius 3 is 2.54 bits per heavy atom. The van der Waals surface area contributed by atoms with E-state index in [1.807, 2.05) is 42.2 Å². The number of para-hydroxylation sites is 1. The van der Waals surface area contributed by atoms with Crippen LogP contribution in [0, 0.1) is 5.41 Å². The van der Waals surface area contributed by atoms with Gasteiger partial charge in [0, 0.05) is 96.0 Å². The fourth-order valence-electron chi connectivity index (χ4n) is 9.03. The first kappa shape index (κ1) is 34.2. The molecule has 0 unspecified atom stereocenters. The first-order chi connectivity index (χ1) is 26.1. The zero-order valence-electron chi connectivity index (χ0n) is 31.1. The van der Waals surface area contributed by atoms with Crippen LogP contribution >= 0.6 is 0 Å². The highest BCUT2D eigenvalue weighted by atomic mass is 16.2. The summed E-state index contributed by atoms with van der Waals surface area (Å²) in [6.45, 7) is 5.23. The smallest absolute Gasteiger partial charge is 0.329 e. The minimum absolute atomic E-state index is 0.0222. The van der Waals surface area contributed by atoms with Gasteiger partial charge in [-0.05, 0) is 60.9 Å². The van der Waals surface area contributed by atoms with Crippen molar-refractivity contribution in [2.45, 2.75) is 57.5 Å². The number of rotatable bonds is 8. The molecule has 5 aromatic rings. The number of carbonyl (C=O) groups excluding carboxylic acids is 3. The molecule has 0 bridgehead atoms. The van der Waals surface area contributed by atoms with Crippen molar-refractivity contribution in [3.63, 3.8) is 0 Å². The first-order valence-corrected chi connectivity index (χ1v) is 19.0. The van der Waals surface area contributed by atoms with Crippen molar-refractivity contribution >= 4 is 63.1 Å². The number of piperidine rings is 1. The lowest BCUT2D eigenvalue weighted by atomic mass is 9.72. The molecule has 280 valence electrons. The molecule has 4 aliphatic rings. The first-order valence-electron chi connectivity index (χ1n) is 19.0. The molecule has 1 aliphatic carbocycles. The van der Waals surface area contributed by atoms with Gasteiger partial charge in [-0.25, -0.2) is 14.8 Å². The van der Waals surface area contributed by atoms with Crippen LogP contribution in [0.2, 0.25) is 0 Å². The van der Waals surface area contributed by atoms with Crippen molar-refractivity contribution in [3.05, 3.63) is 60.0 Å². The molecule has 9 rings (SSSR count). The molecular formula is C39H46N12O3. The molecule has 3 saturated heterocycles. The number of carbonyl (C=O) groups is 3. The Morgan fingerprint density at radius 2 is 1.81 bits per heavy atom. The molecule has 4 amide bonds. The highest BCUT2D eigenvalue weighted by Gasteiger charge is 2.45. The van der Waals surface area contributed by atoms with E-state index in [0.29, 0.717) is 35.2 Å². The van der Waals surface area contributed by atoms with Gasteiger partial charge in [-0.15, -0.1) is 0 Å². The van der Waals surface area contributed by atoms with E-state index in [4.69, 9.17) is 15.1 Å². The van der Waals surface area contributed by atoms with E-state index in [-0.39, 0.29) is 24.3 Å². The molecule has 7 heterocycles. The standard InChI is InChI=1S/C39H46N12O3/c1-46(2)36(53)30-19-26-21-41-37(44-34(26)51(30)27-7-4-5-8-27)42-31-12-11-25(20-40-31)22-48-23-39(24-48)14-17-49(18-15-39)29-10-6-9-28-33(29)47(3)45-35(28)50-16-13-32(52)43-38(50)54/h6,9-12,19-21,27H,4-5,7-8,13-18,22-24H2,1-3H3,(H,43,52,54)(H,40,41,42,44). The predicted molar refractivity (Wildman–Crippen MR) is 206 cm³/mol. The number of pyridine rings is 1. The number of aryl methyl sites for hydroxylation is 1. The van der Waals surface area contributed by atoms with Gasteiger partial charge in [-0.1, -0.05) is 25.0 Å². The van der Waals surface area contributed by atoms with E-state index in [1.54, 1.807) is 30.1 Å². The van der Waals surface area contributed by atoms with Crippen LogP contribution in [0.5, 0.6) is 0 Å². The third kappa shape index (κ3) is 6.09. The second-order valence-corrected chi connectivity index (χ2v) is 15.7. The molecule has 3 aliphatic heterocycles. The molecule has 1 saturated carbocycles. The average Bonchev–Trinajstić information content (AvgIpc) is 3.89. The summed E-state index contributed by atoms with van der Waals surface area (Å²) in [5.74, 6) is 1.46. The summed E-state index contributed by atoms with van der Waals surface area (Å²) in [6, 6.07) is 12.0. The highest BCUT2D eigenvalue weighted by molar-refractivity contribution is 6.10. The maximum absolute atomic E-state index is 13.1. The van der Waals surface area contributed by atoms with Gasteiger partial charge in [0.2, 0.25) is 11.9 Å². The van der Waals surface area contributed by atoms with Crippen LogP contribution in [-0.2, 0) is 18.4 Å². The zero-order chi connectivity index (χ0) is 37.1. The van der Waals surface area contributed by atoms with Crippen molar-refractivity contribution in [1.82, 2.24) is 44.4 Å². The number of nitrogens with one attached hydrogen (secondary N) is 2. The Labute approximate surface area is 313 Å². The van der Waals surface area contributed by atoms with E-state index < -0.39 is 6.03 Å². The van der Waals surface area contributed by atoms with Gasteiger partial charge >= 0.3 is 6.03 Å². The van der Waals surface area contributed by atoms with Gasteiger partial charge in [0.15, 0.2) is 5.82 Å². The number of likely N-dealkylation sites (tertiary alicyclic amines) is 1. The van der Waals surface area contributed by atoms with Crippen molar-refractivity contribution in [3.8, 4) is 0 Å². The molecule has 2 N–H and O–H groups in total. The third-order valence-corrected chi connectivity index (χ3v) is 11.8. The van der Waals surface area contributed by atoms with Gasteiger partial charge in [-0.3, -0.25) is 29.4 Å². The van der Waals surface area contributed by atoms with Crippen LogP contribution in [-0.4, -0.2) is 104 Å². The molecule has 1 aromatic carbocycles. The van der Waals surface area contributed by atoms with E-state index in [2.05, 4.69) is 42.1 Å². The van der Waals surface area contributed by atoms with Gasteiger partial charge in [0.05, 0.1) is 11.2 Å². The number of fused-ring (bicyclic) bond motifs is 2. The normalized spacial score (nSPS) is 19.2. The summed E-state index contributed by atoms with van der Waals surface area (Å²) < 4.78 is 3.98. The van der Waals surface area contributed by atoms with Crippen LogP contribution in [0.4, 0.5) is 28.1 Å². The topological polar surface area (TPSA) is 150 Å². The Hall–Kier alpha value is -5.57. The Kier molecular flexibility index (Phi) is 8.47.